The second-order valence-electron chi connectivity index (χ2n) is 13.9. The number of para-hydroxylation sites is 2. The van der Waals surface area contributed by atoms with Crippen molar-refractivity contribution in [1.29, 1.82) is 0 Å². The Kier molecular flexibility index (Phi) is 7.58. The molecule has 0 amide bonds. The predicted molar refractivity (Wildman–Crippen MR) is 239 cm³/mol. The number of benzene rings is 9. The summed E-state index contributed by atoms with van der Waals surface area (Å²) in [6.07, 6.45) is 0. The van der Waals surface area contributed by atoms with Crippen LogP contribution < -0.4 is 4.90 Å². The lowest BCUT2D eigenvalue weighted by Gasteiger charge is -2.27. The highest BCUT2D eigenvalue weighted by Crippen LogP contribution is 2.48. The number of thiophene rings is 1. The highest BCUT2D eigenvalue weighted by Gasteiger charge is 2.20. The van der Waals surface area contributed by atoms with E-state index in [1.54, 1.807) is 11.3 Å². The highest BCUT2D eigenvalue weighted by molar-refractivity contribution is 7.26. The fraction of sp³-hybridized carbons (Fsp3) is 0. The first-order chi connectivity index (χ1) is 27.3. The SMILES string of the molecule is c1ccc(-c2nc3c(-c4cc5sc6cccc(-c7ccc(N(c8ccccc8)c8cccc9ccccc89)cc7)c6c5c5ccccc45)cccc3s2)cc1. The summed E-state index contributed by atoms with van der Waals surface area (Å²) in [6, 6.07) is 70.2. The fourth-order valence-electron chi connectivity index (χ4n) is 8.21. The maximum absolute atomic E-state index is 5.23. The van der Waals surface area contributed by atoms with Crippen LogP contribution in [-0.2, 0) is 0 Å². The molecule has 2 heterocycles. The average Bonchev–Trinajstić information content (AvgIpc) is 3.87. The number of rotatable bonds is 6. The van der Waals surface area contributed by atoms with Gasteiger partial charge in [0.15, 0.2) is 0 Å². The van der Waals surface area contributed by atoms with Crippen LogP contribution in [0.2, 0.25) is 0 Å². The van der Waals surface area contributed by atoms with Crippen LogP contribution in [0, 0.1) is 0 Å². The van der Waals surface area contributed by atoms with Crippen molar-refractivity contribution in [3.8, 4) is 32.8 Å². The summed E-state index contributed by atoms with van der Waals surface area (Å²) < 4.78 is 3.78. The van der Waals surface area contributed by atoms with Gasteiger partial charge in [-0.1, -0.05) is 146 Å². The highest BCUT2D eigenvalue weighted by atomic mass is 32.1. The Bertz CT molecular complexity index is 3190. The van der Waals surface area contributed by atoms with Crippen LogP contribution in [0.3, 0.4) is 0 Å². The first kappa shape index (κ1) is 31.9. The summed E-state index contributed by atoms with van der Waals surface area (Å²) in [5.74, 6) is 0. The Labute approximate surface area is 326 Å². The zero-order chi connectivity index (χ0) is 36.3. The van der Waals surface area contributed by atoms with E-state index in [-0.39, 0.29) is 0 Å². The number of hydrogen-bond donors (Lipinski definition) is 0. The minimum atomic E-state index is 1.05. The van der Waals surface area contributed by atoms with E-state index in [2.05, 4.69) is 199 Å². The Hall–Kier alpha value is -6.59. The van der Waals surface area contributed by atoms with Crippen molar-refractivity contribution in [1.82, 2.24) is 4.98 Å². The zero-order valence-electron chi connectivity index (χ0n) is 29.7. The van der Waals surface area contributed by atoms with Gasteiger partial charge in [0.1, 0.15) is 5.01 Å². The molecule has 0 unspecified atom stereocenters. The lowest BCUT2D eigenvalue weighted by atomic mass is 9.92. The predicted octanol–water partition coefficient (Wildman–Crippen LogP) is 15.4. The number of anilines is 3. The molecule has 11 rings (SSSR count). The molecule has 0 aliphatic carbocycles. The summed E-state index contributed by atoms with van der Waals surface area (Å²) in [7, 11) is 0. The molecule has 0 radical (unpaired) electrons. The van der Waals surface area contributed by atoms with E-state index in [1.165, 1.54) is 68.7 Å². The standard InChI is InChI=1S/C51H32N2S2/c1-3-15-35(16-4-1)51-52-50-42(24-13-27-46(50)55-51)43-32-47-49(41-22-10-9-21-40(41)43)48-39(23-12-26-45(48)54-47)34-28-30-37(31-29-34)53(36-18-5-2-6-19-36)44-25-11-17-33-14-7-8-20-38(33)44/h1-32H. The Morgan fingerprint density at radius 2 is 1.02 bits per heavy atom. The molecule has 11 aromatic rings. The summed E-state index contributed by atoms with van der Waals surface area (Å²) in [4.78, 5) is 7.60. The molecule has 55 heavy (non-hydrogen) atoms. The molecule has 0 spiro atoms. The van der Waals surface area contributed by atoms with Crippen molar-refractivity contribution in [3.63, 3.8) is 0 Å². The normalized spacial score (nSPS) is 11.6. The summed E-state index contributed by atoms with van der Waals surface area (Å²) >= 11 is 3.64. The van der Waals surface area contributed by atoms with E-state index in [0.717, 1.165) is 33.1 Å². The number of aromatic nitrogens is 1. The topological polar surface area (TPSA) is 16.1 Å². The first-order valence-electron chi connectivity index (χ1n) is 18.5. The first-order valence-corrected chi connectivity index (χ1v) is 20.2. The largest absolute Gasteiger partial charge is 0.310 e. The molecule has 0 aliphatic rings. The van der Waals surface area contributed by atoms with Crippen LogP contribution in [0.5, 0.6) is 0 Å². The smallest absolute Gasteiger partial charge is 0.124 e. The van der Waals surface area contributed by atoms with Crippen LogP contribution in [0.25, 0.3) is 84.8 Å². The molecule has 2 nitrogen and oxygen atoms in total. The molecule has 0 N–H and O–H groups in total. The van der Waals surface area contributed by atoms with Gasteiger partial charge >= 0.3 is 0 Å². The molecule has 0 aliphatic heterocycles. The van der Waals surface area contributed by atoms with Gasteiger partial charge in [-0.25, -0.2) is 4.98 Å². The molecule has 0 fully saturated rings. The maximum Gasteiger partial charge on any atom is 0.124 e. The van der Waals surface area contributed by atoms with Gasteiger partial charge < -0.3 is 4.90 Å². The second kappa shape index (κ2) is 13.1. The lowest BCUT2D eigenvalue weighted by Crippen LogP contribution is -2.10. The van der Waals surface area contributed by atoms with Crippen molar-refractivity contribution in [3.05, 3.63) is 194 Å². The molecular formula is C51H32N2S2. The number of fused-ring (bicyclic) bond motifs is 7. The third kappa shape index (κ3) is 5.33. The molecule has 2 aromatic heterocycles. The van der Waals surface area contributed by atoms with Gasteiger partial charge in [-0.15, -0.1) is 22.7 Å². The van der Waals surface area contributed by atoms with Crippen LogP contribution in [0.1, 0.15) is 0 Å². The molecular weight excluding hydrogens is 705 g/mol. The van der Waals surface area contributed by atoms with Gasteiger partial charge in [0, 0.05) is 48.1 Å². The van der Waals surface area contributed by atoms with E-state index < -0.39 is 0 Å². The van der Waals surface area contributed by atoms with Crippen molar-refractivity contribution in [2.45, 2.75) is 0 Å². The van der Waals surface area contributed by atoms with Gasteiger partial charge in [0.05, 0.1) is 15.9 Å². The van der Waals surface area contributed by atoms with Crippen molar-refractivity contribution < 1.29 is 0 Å². The number of thiazole rings is 1. The van der Waals surface area contributed by atoms with E-state index in [0.29, 0.717) is 0 Å². The Balaban J connectivity index is 1.07. The van der Waals surface area contributed by atoms with Crippen molar-refractivity contribution >= 4 is 91.7 Å². The van der Waals surface area contributed by atoms with E-state index in [1.807, 2.05) is 11.3 Å². The Morgan fingerprint density at radius 3 is 1.84 bits per heavy atom. The van der Waals surface area contributed by atoms with Gasteiger partial charge in [0.2, 0.25) is 0 Å². The quantitative estimate of drug-likeness (QED) is 0.169. The fourth-order valence-corrected chi connectivity index (χ4v) is 10.4. The van der Waals surface area contributed by atoms with Crippen LogP contribution in [-0.4, -0.2) is 4.98 Å². The lowest BCUT2D eigenvalue weighted by molar-refractivity contribution is 1.30. The number of hydrogen-bond acceptors (Lipinski definition) is 4. The van der Waals surface area contributed by atoms with E-state index in [9.17, 15) is 0 Å². The van der Waals surface area contributed by atoms with Crippen LogP contribution in [0.4, 0.5) is 17.1 Å². The van der Waals surface area contributed by atoms with Gasteiger partial charge in [-0.05, 0) is 81.4 Å². The average molecular weight is 737 g/mol. The molecule has 9 aromatic carbocycles. The second-order valence-corrected chi connectivity index (χ2v) is 16.0. The van der Waals surface area contributed by atoms with Crippen LogP contribution >= 0.6 is 22.7 Å². The summed E-state index contributed by atoms with van der Waals surface area (Å²) in [5.41, 5.74) is 10.5. The summed E-state index contributed by atoms with van der Waals surface area (Å²) in [6.45, 7) is 0. The molecule has 0 saturated heterocycles. The van der Waals surface area contributed by atoms with Gasteiger partial charge in [-0.2, -0.15) is 0 Å². The van der Waals surface area contributed by atoms with Crippen molar-refractivity contribution in [2.24, 2.45) is 0 Å². The minimum absolute atomic E-state index is 1.05. The minimum Gasteiger partial charge on any atom is -0.310 e. The molecule has 4 heteroatoms. The van der Waals surface area contributed by atoms with E-state index >= 15 is 0 Å². The van der Waals surface area contributed by atoms with Gasteiger partial charge in [0.25, 0.3) is 0 Å². The molecule has 0 saturated carbocycles. The number of nitrogens with zero attached hydrogens (tertiary/aromatic N) is 2. The Morgan fingerprint density at radius 1 is 0.382 bits per heavy atom. The molecule has 0 bridgehead atoms. The third-order valence-electron chi connectivity index (χ3n) is 10.7. The monoisotopic (exact) mass is 736 g/mol. The van der Waals surface area contributed by atoms with Crippen LogP contribution in [0.15, 0.2) is 194 Å². The molecule has 258 valence electrons. The molecule has 0 atom stereocenters. The van der Waals surface area contributed by atoms with Gasteiger partial charge in [-0.3, -0.25) is 0 Å². The third-order valence-corrected chi connectivity index (χ3v) is 12.9. The summed E-state index contributed by atoms with van der Waals surface area (Å²) in [5, 5.41) is 8.64. The maximum atomic E-state index is 5.23. The zero-order valence-corrected chi connectivity index (χ0v) is 31.3. The van der Waals surface area contributed by atoms with Crippen molar-refractivity contribution in [2.75, 3.05) is 4.90 Å². The van der Waals surface area contributed by atoms with E-state index in [4.69, 9.17) is 4.98 Å².